The summed E-state index contributed by atoms with van der Waals surface area (Å²) < 4.78 is 5.89. The molecular weight excluding hydrogens is 200 g/mol. The van der Waals surface area contributed by atoms with Gasteiger partial charge in [0.15, 0.2) is 0 Å². The van der Waals surface area contributed by atoms with Crippen molar-refractivity contribution in [2.75, 3.05) is 40.3 Å². The summed E-state index contributed by atoms with van der Waals surface area (Å²) in [6.07, 6.45) is 2.86. The van der Waals surface area contributed by atoms with Crippen LogP contribution in [0.4, 0.5) is 0 Å². The van der Waals surface area contributed by atoms with E-state index < -0.39 is 0 Å². The van der Waals surface area contributed by atoms with E-state index in [4.69, 9.17) is 4.74 Å². The molecule has 1 aliphatic heterocycles. The van der Waals surface area contributed by atoms with Gasteiger partial charge in [-0.15, -0.1) is 0 Å². The van der Waals surface area contributed by atoms with Gasteiger partial charge in [0.2, 0.25) is 0 Å². The van der Waals surface area contributed by atoms with Crippen molar-refractivity contribution in [1.82, 2.24) is 9.80 Å². The van der Waals surface area contributed by atoms with Crippen LogP contribution in [0.2, 0.25) is 0 Å². The number of likely N-dealkylation sites (N-methyl/N-ethyl adjacent to an activating group) is 1. The summed E-state index contributed by atoms with van der Waals surface area (Å²) in [5.74, 6) is 0. The van der Waals surface area contributed by atoms with Crippen molar-refractivity contribution in [3.05, 3.63) is 0 Å². The van der Waals surface area contributed by atoms with E-state index in [1.165, 1.54) is 25.9 Å². The summed E-state index contributed by atoms with van der Waals surface area (Å²) in [6, 6.07) is 0. The summed E-state index contributed by atoms with van der Waals surface area (Å²) in [5, 5.41) is 0. The molecule has 0 aromatic heterocycles. The van der Waals surface area contributed by atoms with Gasteiger partial charge in [-0.05, 0) is 47.7 Å². The highest BCUT2D eigenvalue weighted by molar-refractivity contribution is 4.82. The maximum absolute atomic E-state index is 5.89. The molecule has 1 saturated heterocycles. The van der Waals surface area contributed by atoms with Crippen LogP contribution in [-0.4, -0.2) is 61.8 Å². The number of hydrogen-bond acceptors (Lipinski definition) is 3. The number of ether oxygens (including phenoxy) is 1. The van der Waals surface area contributed by atoms with Gasteiger partial charge in [0, 0.05) is 25.2 Å². The summed E-state index contributed by atoms with van der Waals surface area (Å²) >= 11 is 0. The van der Waals surface area contributed by atoms with Crippen LogP contribution in [0.3, 0.4) is 0 Å². The topological polar surface area (TPSA) is 15.7 Å². The van der Waals surface area contributed by atoms with Gasteiger partial charge in [-0.1, -0.05) is 0 Å². The van der Waals surface area contributed by atoms with Crippen LogP contribution in [0.1, 0.15) is 33.6 Å². The monoisotopic (exact) mass is 228 g/mol. The van der Waals surface area contributed by atoms with Gasteiger partial charge in [-0.3, -0.25) is 4.90 Å². The molecule has 1 rings (SSSR count). The second kappa shape index (κ2) is 5.99. The number of rotatable bonds is 4. The fourth-order valence-electron chi connectivity index (χ4n) is 2.10. The molecule has 0 aromatic rings. The van der Waals surface area contributed by atoms with Crippen molar-refractivity contribution in [2.45, 2.75) is 45.3 Å². The average Bonchev–Trinajstić information content (AvgIpc) is 2.16. The normalized spacial score (nSPS) is 20.6. The molecule has 1 heterocycles. The fourth-order valence-corrected chi connectivity index (χ4v) is 2.10. The Balaban J connectivity index is 2.17. The molecule has 96 valence electrons. The molecule has 0 atom stereocenters. The van der Waals surface area contributed by atoms with Gasteiger partial charge in [0.1, 0.15) is 0 Å². The van der Waals surface area contributed by atoms with E-state index in [-0.39, 0.29) is 0 Å². The first-order chi connectivity index (χ1) is 7.39. The van der Waals surface area contributed by atoms with Gasteiger partial charge in [-0.2, -0.15) is 0 Å². The molecule has 0 saturated carbocycles. The summed E-state index contributed by atoms with van der Waals surface area (Å²) in [5.41, 5.74) is 0.314. The van der Waals surface area contributed by atoms with Gasteiger partial charge >= 0.3 is 0 Å². The molecule has 0 bridgehead atoms. The minimum absolute atomic E-state index is 0.314. The third kappa shape index (κ3) is 4.81. The zero-order valence-corrected chi connectivity index (χ0v) is 11.6. The minimum Gasteiger partial charge on any atom is -0.377 e. The standard InChI is InChI=1S/C13H28N2O/c1-13(2,3)15-8-6-12(7-9-15)16-11-10-14(4)5/h12H,6-11H2,1-5H3. The van der Waals surface area contributed by atoms with Crippen molar-refractivity contribution in [1.29, 1.82) is 0 Å². The lowest BCUT2D eigenvalue weighted by atomic mass is 9.99. The lowest BCUT2D eigenvalue weighted by Crippen LogP contribution is -2.47. The first-order valence-corrected chi connectivity index (χ1v) is 6.41. The molecule has 1 fully saturated rings. The molecule has 0 amide bonds. The Kier molecular flexibility index (Phi) is 5.22. The van der Waals surface area contributed by atoms with Crippen LogP contribution < -0.4 is 0 Å². The Morgan fingerprint density at radius 2 is 1.75 bits per heavy atom. The largest absolute Gasteiger partial charge is 0.377 e. The Bertz CT molecular complexity index is 191. The lowest BCUT2D eigenvalue weighted by Gasteiger charge is -2.40. The van der Waals surface area contributed by atoms with Crippen LogP contribution in [0.25, 0.3) is 0 Å². The van der Waals surface area contributed by atoms with E-state index >= 15 is 0 Å². The predicted octanol–water partition coefficient (Wildman–Crippen LogP) is 1.83. The Labute approximate surface area is 101 Å². The highest BCUT2D eigenvalue weighted by Gasteiger charge is 2.26. The Hall–Kier alpha value is -0.120. The van der Waals surface area contributed by atoms with E-state index in [1.54, 1.807) is 0 Å². The molecule has 1 aliphatic rings. The molecule has 0 spiro atoms. The van der Waals surface area contributed by atoms with Gasteiger partial charge in [0.25, 0.3) is 0 Å². The van der Waals surface area contributed by atoms with Crippen LogP contribution >= 0.6 is 0 Å². The van der Waals surface area contributed by atoms with Crippen LogP contribution in [-0.2, 0) is 4.74 Å². The second-order valence-corrected chi connectivity index (χ2v) is 6.03. The quantitative estimate of drug-likeness (QED) is 0.730. The average molecular weight is 228 g/mol. The molecular formula is C13H28N2O. The molecule has 0 aromatic carbocycles. The number of piperidine rings is 1. The maximum Gasteiger partial charge on any atom is 0.0600 e. The maximum atomic E-state index is 5.89. The first-order valence-electron chi connectivity index (χ1n) is 6.41. The number of likely N-dealkylation sites (tertiary alicyclic amines) is 1. The van der Waals surface area contributed by atoms with E-state index in [9.17, 15) is 0 Å². The van der Waals surface area contributed by atoms with Crippen molar-refractivity contribution in [3.63, 3.8) is 0 Å². The highest BCUT2D eigenvalue weighted by Crippen LogP contribution is 2.21. The van der Waals surface area contributed by atoms with Crippen LogP contribution in [0.5, 0.6) is 0 Å². The van der Waals surface area contributed by atoms with E-state index in [0.29, 0.717) is 11.6 Å². The van der Waals surface area contributed by atoms with Gasteiger partial charge in [-0.25, -0.2) is 0 Å². The molecule has 3 heteroatoms. The Morgan fingerprint density at radius 3 is 2.19 bits per heavy atom. The number of nitrogens with zero attached hydrogens (tertiary/aromatic N) is 2. The van der Waals surface area contributed by atoms with Gasteiger partial charge in [0.05, 0.1) is 12.7 Å². The molecule has 16 heavy (non-hydrogen) atoms. The second-order valence-electron chi connectivity index (χ2n) is 6.03. The SMILES string of the molecule is CN(C)CCOC1CCN(C(C)(C)C)CC1. The molecule has 0 N–H and O–H groups in total. The molecule has 0 aliphatic carbocycles. The minimum atomic E-state index is 0.314. The van der Waals surface area contributed by atoms with E-state index in [2.05, 4.69) is 44.7 Å². The Morgan fingerprint density at radius 1 is 1.19 bits per heavy atom. The van der Waals surface area contributed by atoms with Gasteiger partial charge < -0.3 is 9.64 Å². The third-order valence-corrected chi connectivity index (χ3v) is 3.28. The summed E-state index contributed by atoms with van der Waals surface area (Å²) in [7, 11) is 4.18. The van der Waals surface area contributed by atoms with Crippen molar-refractivity contribution < 1.29 is 4.74 Å². The summed E-state index contributed by atoms with van der Waals surface area (Å²) in [6.45, 7) is 11.1. The third-order valence-electron chi connectivity index (χ3n) is 3.28. The molecule has 3 nitrogen and oxygen atoms in total. The molecule has 0 radical (unpaired) electrons. The smallest absolute Gasteiger partial charge is 0.0600 e. The first kappa shape index (κ1) is 13.9. The lowest BCUT2D eigenvalue weighted by molar-refractivity contribution is -0.0165. The van der Waals surface area contributed by atoms with E-state index in [0.717, 1.165) is 13.2 Å². The fraction of sp³-hybridized carbons (Fsp3) is 1.00. The van der Waals surface area contributed by atoms with Crippen molar-refractivity contribution in [2.24, 2.45) is 0 Å². The van der Waals surface area contributed by atoms with Crippen molar-refractivity contribution >= 4 is 0 Å². The molecule has 0 unspecified atom stereocenters. The van der Waals surface area contributed by atoms with Crippen molar-refractivity contribution in [3.8, 4) is 0 Å². The summed E-state index contributed by atoms with van der Waals surface area (Å²) in [4.78, 5) is 4.73. The highest BCUT2D eigenvalue weighted by atomic mass is 16.5. The zero-order valence-electron chi connectivity index (χ0n) is 11.6. The predicted molar refractivity (Wildman–Crippen MR) is 68.9 cm³/mol. The van der Waals surface area contributed by atoms with Crippen LogP contribution in [0.15, 0.2) is 0 Å². The number of hydrogen-bond donors (Lipinski definition) is 0. The zero-order chi connectivity index (χ0) is 12.2. The van der Waals surface area contributed by atoms with E-state index in [1.807, 2.05) is 0 Å². The van der Waals surface area contributed by atoms with Crippen LogP contribution in [0, 0.1) is 0 Å².